The van der Waals surface area contributed by atoms with E-state index in [1.807, 2.05) is 11.8 Å². The zero-order valence-corrected chi connectivity index (χ0v) is 13.0. The molecule has 0 unspecified atom stereocenters. The summed E-state index contributed by atoms with van der Waals surface area (Å²) >= 11 is 3.45. The first kappa shape index (κ1) is 15.3. The number of oxime groups is 1. The van der Waals surface area contributed by atoms with Gasteiger partial charge in [0.05, 0.1) is 11.4 Å². The Hall–Kier alpha value is -2.08. The van der Waals surface area contributed by atoms with E-state index >= 15 is 0 Å². The molecule has 0 amide bonds. The highest BCUT2D eigenvalue weighted by Crippen LogP contribution is 2.33. The fraction of sp³-hybridized carbons (Fsp3) is 0.133. The van der Waals surface area contributed by atoms with Gasteiger partial charge in [0.1, 0.15) is 5.82 Å². The molecule has 21 heavy (non-hydrogen) atoms. The average molecular weight is 352 g/mol. The van der Waals surface area contributed by atoms with Gasteiger partial charge in [0.25, 0.3) is 0 Å². The minimum Gasteiger partial charge on any atom is -0.409 e. The van der Waals surface area contributed by atoms with Crippen LogP contribution in [0.1, 0.15) is 12.5 Å². The van der Waals surface area contributed by atoms with Gasteiger partial charge in [-0.3, -0.25) is 0 Å². The maximum atomic E-state index is 14.0. The molecule has 2 aromatic carbocycles. The molecular formula is C15H15BrFN3O. The van der Waals surface area contributed by atoms with E-state index in [1.54, 1.807) is 36.4 Å². The Balaban J connectivity index is 2.47. The summed E-state index contributed by atoms with van der Waals surface area (Å²) in [6.45, 7) is 2.54. The molecule has 0 heterocycles. The van der Waals surface area contributed by atoms with Gasteiger partial charge in [-0.25, -0.2) is 4.39 Å². The molecule has 0 aliphatic rings. The van der Waals surface area contributed by atoms with Gasteiger partial charge in [0.2, 0.25) is 0 Å². The number of benzene rings is 2. The van der Waals surface area contributed by atoms with E-state index in [1.165, 1.54) is 6.07 Å². The molecule has 0 saturated heterocycles. The minimum atomic E-state index is -0.285. The highest BCUT2D eigenvalue weighted by molar-refractivity contribution is 9.10. The Morgan fingerprint density at radius 1 is 1.29 bits per heavy atom. The van der Waals surface area contributed by atoms with Gasteiger partial charge in [0, 0.05) is 16.6 Å². The molecule has 4 nitrogen and oxygen atoms in total. The molecule has 0 spiro atoms. The van der Waals surface area contributed by atoms with Crippen molar-refractivity contribution in [2.75, 3.05) is 11.4 Å². The quantitative estimate of drug-likeness (QED) is 0.380. The van der Waals surface area contributed by atoms with Crippen LogP contribution in [-0.4, -0.2) is 17.6 Å². The predicted molar refractivity (Wildman–Crippen MR) is 85.7 cm³/mol. The van der Waals surface area contributed by atoms with Crippen LogP contribution in [-0.2, 0) is 0 Å². The summed E-state index contributed by atoms with van der Waals surface area (Å²) in [6.07, 6.45) is 0. The second-order valence-corrected chi connectivity index (χ2v) is 5.20. The lowest BCUT2D eigenvalue weighted by Gasteiger charge is -2.25. The lowest BCUT2D eigenvalue weighted by molar-refractivity contribution is 0.318. The molecule has 3 N–H and O–H groups in total. The highest BCUT2D eigenvalue weighted by Gasteiger charge is 2.15. The van der Waals surface area contributed by atoms with Gasteiger partial charge in [-0.1, -0.05) is 17.3 Å². The van der Waals surface area contributed by atoms with E-state index in [4.69, 9.17) is 10.9 Å². The van der Waals surface area contributed by atoms with Gasteiger partial charge < -0.3 is 15.8 Å². The smallest absolute Gasteiger partial charge is 0.170 e. The first-order chi connectivity index (χ1) is 10.1. The van der Waals surface area contributed by atoms with E-state index in [0.717, 1.165) is 10.2 Å². The summed E-state index contributed by atoms with van der Waals surface area (Å²) < 4.78 is 14.7. The zero-order valence-electron chi connectivity index (χ0n) is 11.4. The molecule has 0 atom stereocenters. The standard InChI is InChI=1S/C15H15BrFN3O/c1-2-20(14-6-4-3-5-12(14)17)13-8-7-10(9-11(13)16)15(18)19-21/h3-9,21H,2H2,1H3,(H2,18,19). The van der Waals surface area contributed by atoms with Gasteiger partial charge in [-0.15, -0.1) is 0 Å². The highest BCUT2D eigenvalue weighted by atomic mass is 79.9. The molecule has 110 valence electrons. The van der Waals surface area contributed by atoms with Crippen molar-refractivity contribution in [3.8, 4) is 0 Å². The van der Waals surface area contributed by atoms with Crippen LogP contribution in [0.4, 0.5) is 15.8 Å². The van der Waals surface area contributed by atoms with Crippen LogP contribution in [0.3, 0.4) is 0 Å². The first-order valence-electron chi connectivity index (χ1n) is 6.38. The number of amidine groups is 1. The van der Waals surface area contributed by atoms with Crippen LogP contribution in [0.15, 0.2) is 52.1 Å². The maximum Gasteiger partial charge on any atom is 0.170 e. The van der Waals surface area contributed by atoms with E-state index in [0.29, 0.717) is 17.8 Å². The van der Waals surface area contributed by atoms with Gasteiger partial charge >= 0.3 is 0 Å². The number of halogens is 2. The Kier molecular flexibility index (Phi) is 4.80. The largest absolute Gasteiger partial charge is 0.409 e. The third kappa shape index (κ3) is 3.16. The van der Waals surface area contributed by atoms with Crippen LogP contribution < -0.4 is 10.6 Å². The van der Waals surface area contributed by atoms with E-state index in [2.05, 4.69) is 21.1 Å². The Morgan fingerprint density at radius 2 is 2.00 bits per heavy atom. The van der Waals surface area contributed by atoms with Crippen LogP contribution in [0, 0.1) is 5.82 Å². The lowest BCUT2D eigenvalue weighted by Crippen LogP contribution is -2.19. The molecule has 2 rings (SSSR count). The number of nitrogens with two attached hydrogens (primary N) is 1. The number of rotatable bonds is 4. The number of para-hydroxylation sites is 1. The molecule has 6 heteroatoms. The van der Waals surface area contributed by atoms with Crippen LogP contribution in [0.25, 0.3) is 0 Å². The SMILES string of the molecule is CCN(c1ccccc1F)c1ccc(/C(N)=N/O)cc1Br. The normalized spacial score (nSPS) is 11.5. The van der Waals surface area contributed by atoms with E-state index in [-0.39, 0.29) is 11.7 Å². The number of nitrogens with zero attached hydrogens (tertiary/aromatic N) is 2. The van der Waals surface area contributed by atoms with E-state index in [9.17, 15) is 4.39 Å². The summed E-state index contributed by atoms with van der Waals surface area (Å²) in [5, 5.41) is 11.7. The molecule has 2 aromatic rings. The number of hydrogen-bond acceptors (Lipinski definition) is 3. The molecule has 0 radical (unpaired) electrons. The minimum absolute atomic E-state index is 0.0243. The van der Waals surface area contributed by atoms with Crippen molar-refractivity contribution in [2.24, 2.45) is 10.9 Å². The Morgan fingerprint density at radius 3 is 2.57 bits per heavy atom. The summed E-state index contributed by atoms with van der Waals surface area (Å²) in [4.78, 5) is 1.84. The average Bonchev–Trinajstić information content (AvgIpc) is 2.50. The van der Waals surface area contributed by atoms with Gasteiger partial charge in [0.15, 0.2) is 5.84 Å². The summed E-state index contributed by atoms with van der Waals surface area (Å²) in [6, 6.07) is 11.8. The summed E-state index contributed by atoms with van der Waals surface area (Å²) in [5.41, 5.74) is 7.44. The van der Waals surface area contributed by atoms with Gasteiger partial charge in [-0.05, 0) is 53.2 Å². The van der Waals surface area contributed by atoms with Crippen LogP contribution >= 0.6 is 15.9 Å². The molecule has 0 aliphatic carbocycles. The second-order valence-electron chi connectivity index (χ2n) is 4.35. The summed E-state index contributed by atoms with van der Waals surface area (Å²) in [5.74, 6) is -0.261. The van der Waals surface area contributed by atoms with Crippen molar-refractivity contribution in [1.82, 2.24) is 0 Å². The molecule has 0 bridgehead atoms. The van der Waals surface area contributed by atoms with Gasteiger partial charge in [-0.2, -0.15) is 0 Å². The van der Waals surface area contributed by atoms with Crippen molar-refractivity contribution in [3.05, 3.63) is 58.3 Å². The molecular weight excluding hydrogens is 337 g/mol. The fourth-order valence-corrected chi connectivity index (χ4v) is 2.68. The van der Waals surface area contributed by atoms with Crippen molar-refractivity contribution in [3.63, 3.8) is 0 Å². The Labute approximate surface area is 130 Å². The molecule has 0 fully saturated rings. The molecule has 0 saturated carbocycles. The maximum absolute atomic E-state index is 14.0. The van der Waals surface area contributed by atoms with Crippen LogP contribution in [0.2, 0.25) is 0 Å². The second kappa shape index (κ2) is 6.58. The third-order valence-electron chi connectivity index (χ3n) is 3.10. The Bertz CT molecular complexity index is 676. The molecule has 0 aromatic heterocycles. The monoisotopic (exact) mass is 351 g/mol. The number of anilines is 2. The fourth-order valence-electron chi connectivity index (χ4n) is 2.08. The van der Waals surface area contributed by atoms with Crippen molar-refractivity contribution in [1.29, 1.82) is 0 Å². The van der Waals surface area contributed by atoms with E-state index < -0.39 is 0 Å². The van der Waals surface area contributed by atoms with Crippen molar-refractivity contribution >= 4 is 33.1 Å². The van der Waals surface area contributed by atoms with Crippen LogP contribution in [0.5, 0.6) is 0 Å². The zero-order chi connectivity index (χ0) is 15.4. The lowest BCUT2D eigenvalue weighted by atomic mass is 10.1. The topological polar surface area (TPSA) is 61.8 Å². The van der Waals surface area contributed by atoms with Crippen molar-refractivity contribution < 1.29 is 9.60 Å². The third-order valence-corrected chi connectivity index (χ3v) is 3.74. The predicted octanol–water partition coefficient (Wildman–Crippen LogP) is 3.84. The molecule has 0 aliphatic heterocycles. The first-order valence-corrected chi connectivity index (χ1v) is 7.17. The summed E-state index contributed by atoms with van der Waals surface area (Å²) in [7, 11) is 0. The van der Waals surface area contributed by atoms with Crippen molar-refractivity contribution in [2.45, 2.75) is 6.92 Å². The number of hydrogen-bond donors (Lipinski definition) is 2.